The molecule has 5 N–H and O–H groups in total. The van der Waals surface area contributed by atoms with E-state index >= 15 is 0 Å². The largest absolute Gasteiger partial charge is 0.465 e. The van der Waals surface area contributed by atoms with E-state index in [2.05, 4.69) is 4.98 Å². The quantitative estimate of drug-likeness (QED) is 0.739. The molecular formula is C13H14N4O3. The normalized spacial score (nSPS) is 10.1. The number of aromatic nitrogens is 1. The number of hydrogen-bond acceptors (Lipinski definition) is 5. The number of nitrogens with two attached hydrogens (primary N) is 2. The summed E-state index contributed by atoms with van der Waals surface area (Å²) in [5.74, 6) is 0.889. The van der Waals surface area contributed by atoms with Crippen LogP contribution < -0.4 is 21.1 Å². The highest BCUT2D eigenvalue weighted by Crippen LogP contribution is 2.35. The van der Waals surface area contributed by atoms with Crippen LogP contribution in [0.1, 0.15) is 0 Å². The molecule has 0 radical (unpaired) electrons. The number of carboxylic acid groups (broad SMARTS) is 1. The molecular weight excluding hydrogens is 260 g/mol. The van der Waals surface area contributed by atoms with Crippen LogP contribution in [0.4, 0.5) is 22.0 Å². The molecule has 7 nitrogen and oxygen atoms in total. The molecule has 2 rings (SSSR count). The van der Waals surface area contributed by atoms with Crippen molar-refractivity contribution in [1.29, 1.82) is 0 Å². The monoisotopic (exact) mass is 274 g/mol. The first-order valence-electron chi connectivity index (χ1n) is 5.73. The van der Waals surface area contributed by atoms with Gasteiger partial charge in [0.25, 0.3) is 0 Å². The topological polar surface area (TPSA) is 115 Å². The van der Waals surface area contributed by atoms with Crippen LogP contribution in [-0.4, -0.2) is 23.2 Å². The Morgan fingerprint density at radius 2 is 1.90 bits per heavy atom. The number of hydrogen-bond donors (Lipinski definition) is 3. The van der Waals surface area contributed by atoms with Crippen molar-refractivity contribution in [1.82, 2.24) is 4.98 Å². The van der Waals surface area contributed by atoms with E-state index in [1.54, 1.807) is 30.3 Å². The summed E-state index contributed by atoms with van der Waals surface area (Å²) >= 11 is 0. The maximum atomic E-state index is 11.1. The molecule has 1 amide bonds. The highest BCUT2D eigenvalue weighted by Gasteiger charge is 2.18. The van der Waals surface area contributed by atoms with Crippen molar-refractivity contribution in [3.05, 3.63) is 36.5 Å². The highest BCUT2D eigenvalue weighted by molar-refractivity contribution is 5.91. The fraction of sp³-hybridized carbons (Fsp3) is 0.0769. The van der Waals surface area contributed by atoms with Crippen molar-refractivity contribution < 1.29 is 14.6 Å². The number of carbonyl (C=O) groups is 1. The number of amides is 1. The molecule has 0 aliphatic carbocycles. The predicted molar refractivity (Wildman–Crippen MR) is 76.0 cm³/mol. The molecule has 0 aliphatic heterocycles. The Balaban J connectivity index is 2.39. The first kappa shape index (κ1) is 13.5. The second kappa shape index (κ2) is 5.35. The highest BCUT2D eigenvalue weighted by atomic mass is 16.5. The van der Waals surface area contributed by atoms with Crippen LogP contribution in [0.5, 0.6) is 11.5 Å². The van der Waals surface area contributed by atoms with Gasteiger partial charge in [-0.1, -0.05) is 0 Å². The molecule has 0 aliphatic rings. The molecule has 1 aromatic carbocycles. The van der Waals surface area contributed by atoms with Crippen molar-refractivity contribution >= 4 is 23.3 Å². The van der Waals surface area contributed by atoms with Crippen LogP contribution >= 0.6 is 0 Å². The average molecular weight is 274 g/mol. The number of ether oxygens (including phenoxy) is 1. The van der Waals surface area contributed by atoms with Crippen LogP contribution in [-0.2, 0) is 0 Å². The third-order valence-corrected chi connectivity index (χ3v) is 2.65. The Morgan fingerprint density at radius 3 is 2.50 bits per heavy atom. The van der Waals surface area contributed by atoms with Gasteiger partial charge in [0, 0.05) is 25.0 Å². The summed E-state index contributed by atoms with van der Waals surface area (Å²) < 4.78 is 5.64. The van der Waals surface area contributed by atoms with E-state index in [1.807, 2.05) is 0 Å². The molecule has 104 valence electrons. The van der Waals surface area contributed by atoms with Crippen molar-refractivity contribution in [3.63, 3.8) is 0 Å². The van der Waals surface area contributed by atoms with Crippen molar-refractivity contribution in [2.45, 2.75) is 0 Å². The molecule has 2 aromatic rings. The van der Waals surface area contributed by atoms with Crippen LogP contribution in [0.2, 0.25) is 0 Å². The van der Waals surface area contributed by atoms with Crippen molar-refractivity contribution in [2.24, 2.45) is 0 Å². The molecule has 0 spiro atoms. The number of benzene rings is 1. The van der Waals surface area contributed by atoms with Gasteiger partial charge in [-0.2, -0.15) is 0 Å². The average Bonchev–Trinajstić information content (AvgIpc) is 2.41. The molecule has 0 saturated heterocycles. The van der Waals surface area contributed by atoms with Gasteiger partial charge in [0.2, 0.25) is 0 Å². The number of nitrogens with zero attached hydrogens (tertiary/aromatic N) is 2. The lowest BCUT2D eigenvalue weighted by Crippen LogP contribution is -2.25. The predicted octanol–water partition coefficient (Wildman–Crippen LogP) is 2.15. The van der Waals surface area contributed by atoms with Gasteiger partial charge in [0.1, 0.15) is 11.4 Å². The number of anilines is 3. The summed E-state index contributed by atoms with van der Waals surface area (Å²) in [5.41, 5.74) is 12.1. The van der Waals surface area contributed by atoms with E-state index in [4.69, 9.17) is 21.3 Å². The van der Waals surface area contributed by atoms with Gasteiger partial charge in [-0.3, -0.25) is 4.90 Å². The summed E-state index contributed by atoms with van der Waals surface area (Å²) in [6, 6.07) is 8.26. The molecule has 0 atom stereocenters. The Kier molecular flexibility index (Phi) is 3.60. The Bertz CT molecular complexity index is 628. The maximum absolute atomic E-state index is 11.1. The van der Waals surface area contributed by atoms with Crippen molar-refractivity contribution in [3.8, 4) is 11.5 Å². The zero-order valence-corrected chi connectivity index (χ0v) is 10.8. The second-order valence-electron chi connectivity index (χ2n) is 4.06. The van der Waals surface area contributed by atoms with E-state index < -0.39 is 6.09 Å². The van der Waals surface area contributed by atoms with Gasteiger partial charge in [-0.15, -0.1) is 0 Å². The van der Waals surface area contributed by atoms with E-state index in [-0.39, 0.29) is 11.5 Å². The fourth-order valence-corrected chi connectivity index (χ4v) is 1.63. The molecule has 0 saturated carbocycles. The standard InChI is InChI=1S/C13H14N4O3/c1-17(13(18)19)11-10(6-7-16-12(11)15)20-9-4-2-8(14)3-5-9/h2-7H,14H2,1H3,(H2,15,16)(H,18,19). The summed E-state index contributed by atoms with van der Waals surface area (Å²) in [7, 11) is 1.37. The first-order chi connectivity index (χ1) is 9.49. The molecule has 20 heavy (non-hydrogen) atoms. The Hall–Kier alpha value is -2.96. The van der Waals surface area contributed by atoms with Gasteiger partial charge in [0.05, 0.1) is 0 Å². The lowest BCUT2D eigenvalue weighted by atomic mass is 10.3. The van der Waals surface area contributed by atoms with Gasteiger partial charge < -0.3 is 21.3 Å². The second-order valence-corrected chi connectivity index (χ2v) is 4.06. The fourth-order valence-electron chi connectivity index (χ4n) is 1.63. The van der Waals surface area contributed by atoms with E-state index in [1.165, 1.54) is 13.2 Å². The third-order valence-electron chi connectivity index (χ3n) is 2.65. The molecule has 0 fully saturated rings. The summed E-state index contributed by atoms with van der Waals surface area (Å²) in [6.45, 7) is 0. The zero-order chi connectivity index (χ0) is 14.7. The number of rotatable bonds is 3. The SMILES string of the molecule is CN(C(=O)O)c1c(Oc2ccc(N)cc2)ccnc1N. The van der Waals surface area contributed by atoms with Crippen LogP contribution in [0.15, 0.2) is 36.5 Å². The summed E-state index contributed by atoms with van der Waals surface area (Å²) in [4.78, 5) is 15.9. The Morgan fingerprint density at radius 1 is 1.25 bits per heavy atom. The number of nitrogen functional groups attached to an aromatic ring is 2. The molecule has 0 unspecified atom stereocenters. The molecule has 1 heterocycles. The summed E-state index contributed by atoms with van der Waals surface area (Å²) in [5, 5.41) is 9.06. The van der Waals surface area contributed by atoms with E-state index in [0.29, 0.717) is 17.2 Å². The van der Waals surface area contributed by atoms with Crippen LogP contribution in [0, 0.1) is 0 Å². The lowest BCUT2D eigenvalue weighted by Gasteiger charge is -2.18. The minimum atomic E-state index is -1.16. The molecule has 1 aromatic heterocycles. The van der Waals surface area contributed by atoms with Gasteiger partial charge in [0.15, 0.2) is 11.6 Å². The molecule has 0 bridgehead atoms. The van der Waals surface area contributed by atoms with Gasteiger partial charge in [-0.25, -0.2) is 9.78 Å². The third kappa shape index (κ3) is 2.72. The lowest BCUT2D eigenvalue weighted by molar-refractivity contribution is 0.203. The van der Waals surface area contributed by atoms with Crippen LogP contribution in [0.25, 0.3) is 0 Å². The minimum Gasteiger partial charge on any atom is -0.465 e. The van der Waals surface area contributed by atoms with E-state index in [0.717, 1.165) is 4.90 Å². The first-order valence-corrected chi connectivity index (χ1v) is 5.73. The van der Waals surface area contributed by atoms with Gasteiger partial charge >= 0.3 is 6.09 Å². The van der Waals surface area contributed by atoms with E-state index in [9.17, 15) is 4.79 Å². The maximum Gasteiger partial charge on any atom is 0.411 e. The smallest absolute Gasteiger partial charge is 0.411 e. The summed E-state index contributed by atoms with van der Waals surface area (Å²) in [6.07, 6.45) is 0.285. The van der Waals surface area contributed by atoms with Gasteiger partial charge in [-0.05, 0) is 24.3 Å². The number of pyridine rings is 1. The Labute approximate surface area is 115 Å². The van der Waals surface area contributed by atoms with Crippen molar-refractivity contribution in [2.75, 3.05) is 23.4 Å². The molecule has 7 heteroatoms. The zero-order valence-electron chi connectivity index (χ0n) is 10.8. The van der Waals surface area contributed by atoms with Crippen LogP contribution in [0.3, 0.4) is 0 Å². The minimum absolute atomic E-state index is 0.0721.